The van der Waals surface area contributed by atoms with E-state index in [0.29, 0.717) is 12.5 Å². The number of fused-ring (bicyclic) bond motifs is 1. The van der Waals surface area contributed by atoms with Crippen LogP contribution in [0.3, 0.4) is 0 Å². The summed E-state index contributed by atoms with van der Waals surface area (Å²) in [6.45, 7) is 0.347. The number of ether oxygens (including phenoxy) is 1. The van der Waals surface area contributed by atoms with E-state index in [-0.39, 0.29) is 0 Å². The zero-order chi connectivity index (χ0) is 15.4. The number of nitrogens with two attached hydrogens (primary N) is 1. The fraction of sp³-hybridized carbons (Fsp3) is 0.133. The van der Waals surface area contributed by atoms with Crippen LogP contribution in [0, 0.1) is 0 Å². The van der Waals surface area contributed by atoms with Gasteiger partial charge in [-0.15, -0.1) is 10.2 Å². The van der Waals surface area contributed by atoms with Crippen molar-refractivity contribution in [3.8, 4) is 5.75 Å². The highest BCUT2D eigenvalue weighted by atomic mass is 16.5. The number of benzene rings is 1. The van der Waals surface area contributed by atoms with Gasteiger partial charge in [-0.3, -0.25) is 4.40 Å². The van der Waals surface area contributed by atoms with Gasteiger partial charge in [0.2, 0.25) is 0 Å². The van der Waals surface area contributed by atoms with Crippen LogP contribution in [0.5, 0.6) is 5.75 Å². The van der Waals surface area contributed by atoms with E-state index in [1.165, 1.54) is 0 Å². The number of aliphatic imine (C=N–C) groups is 1. The van der Waals surface area contributed by atoms with Crippen molar-refractivity contribution in [1.82, 2.24) is 14.6 Å². The lowest BCUT2D eigenvalue weighted by molar-refractivity contribution is 0.415. The van der Waals surface area contributed by atoms with Gasteiger partial charge in [-0.1, -0.05) is 6.07 Å². The van der Waals surface area contributed by atoms with Crippen molar-refractivity contribution in [2.45, 2.75) is 6.54 Å². The molecule has 0 amide bonds. The summed E-state index contributed by atoms with van der Waals surface area (Å²) in [6, 6.07) is 13.2. The first-order valence-electron chi connectivity index (χ1n) is 6.76. The minimum atomic E-state index is 0.317. The van der Waals surface area contributed by atoms with E-state index in [9.17, 15) is 0 Å². The highest BCUT2D eigenvalue weighted by Gasteiger charge is 2.03. The van der Waals surface area contributed by atoms with Crippen molar-refractivity contribution in [3.63, 3.8) is 0 Å². The molecule has 0 aliphatic carbocycles. The first kappa shape index (κ1) is 13.9. The highest BCUT2D eigenvalue weighted by Crippen LogP contribution is 2.14. The van der Waals surface area contributed by atoms with Gasteiger partial charge in [-0.05, 0) is 36.4 Å². The van der Waals surface area contributed by atoms with E-state index in [0.717, 1.165) is 22.9 Å². The molecular weight excluding hydrogens is 280 g/mol. The number of methoxy groups -OCH3 is 1. The van der Waals surface area contributed by atoms with Gasteiger partial charge in [0.25, 0.3) is 0 Å². The van der Waals surface area contributed by atoms with Crippen molar-refractivity contribution in [1.29, 1.82) is 0 Å². The lowest BCUT2D eigenvalue weighted by Crippen LogP contribution is -2.22. The fourth-order valence-electron chi connectivity index (χ4n) is 2.02. The number of hydrogen-bond acceptors (Lipinski definition) is 4. The molecule has 0 aliphatic heterocycles. The molecule has 7 heteroatoms. The Kier molecular flexibility index (Phi) is 3.86. The molecule has 22 heavy (non-hydrogen) atoms. The number of pyridine rings is 1. The summed E-state index contributed by atoms with van der Waals surface area (Å²) in [5, 5.41) is 11.2. The van der Waals surface area contributed by atoms with Gasteiger partial charge in [0.15, 0.2) is 17.4 Å². The van der Waals surface area contributed by atoms with Gasteiger partial charge in [0.05, 0.1) is 7.11 Å². The molecular formula is C15H16N6O. The topological polar surface area (TPSA) is 89.8 Å². The number of guanidine groups is 1. The van der Waals surface area contributed by atoms with E-state index in [1.807, 2.05) is 53.1 Å². The molecule has 112 valence electrons. The second-order valence-electron chi connectivity index (χ2n) is 4.60. The molecule has 1 aromatic carbocycles. The predicted octanol–water partition coefficient (Wildman–Crippen LogP) is 1.66. The first-order chi connectivity index (χ1) is 10.8. The maximum absolute atomic E-state index is 5.89. The third kappa shape index (κ3) is 2.98. The van der Waals surface area contributed by atoms with Crippen LogP contribution in [0.15, 0.2) is 53.7 Å². The Bertz CT molecular complexity index is 793. The minimum Gasteiger partial charge on any atom is -0.497 e. The van der Waals surface area contributed by atoms with Gasteiger partial charge < -0.3 is 15.8 Å². The maximum Gasteiger partial charge on any atom is 0.193 e. The molecule has 0 saturated carbocycles. The van der Waals surface area contributed by atoms with Crippen molar-refractivity contribution in [2.75, 3.05) is 12.4 Å². The largest absolute Gasteiger partial charge is 0.497 e. The Hall–Kier alpha value is -3.09. The van der Waals surface area contributed by atoms with E-state index in [2.05, 4.69) is 20.5 Å². The monoisotopic (exact) mass is 296 g/mol. The molecule has 7 nitrogen and oxygen atoms in total. The van der Waals surface area contributed by atoms with E-state index in [4.69, 9.17) is 10.5 Å². The smallest absolute Gasteiger partial charge is 0.193 e. The molecule has 3 rings (SSSR count). The summed E-state index contributed by atoms with van der Waals surface area (Å²) in [6.07, 6.45) is 1.90. The Morgan fingerprint density at radius 1 is 1.23 bits per heavy atom. The SMILES string of the molecule is COc1ccc(NC(N)=NCc2nnc3ccccn23)cc1. The average molecular weight is 296 g/mol. The second-order valence-corrected chi connectivity index (χ2v) is 4.60. The lowest BCUT2D eigenvalue weighted by Gasteiger charge is -2.06. The van der Waals surface area contributed by atoms with Gasteiger partial charge >= 0.3 is 0 Å². The Morgan fingerprint density at radius 3 is 2.82 bits per heavy atom. The van der Waals surface area contributed by atoms with E-state index < -0.39 is 0 Å². The minimum absolute atomic E-state index is 0.317. The molecule has 0 bridgehead atoms. The molecule has 3 N–H and O–H groups in total. The molecule has 0 atom stereocenters. The number of rotatable bonds is 4. The second kappa shape index (κ2) is 6.13. The van der Waals surface area contributed by atoms with Crippen LogP contribution in [-0.2, 0) is 6.54 Å². The van der Waals surface area contributed by atoms with Crippen molar-refractivity contribution in [3.05, 3.63) is 54.5 Å². The third-order valence-electron chi connectivity index (χ3n) is 3.14. The molecule has 0 unspecified atom stereocenters. The lowest BCUT2D eigenvalue weighted by atomic mass is 10.3. The standard InChI is InChI=1S/C15H16N6O/c1-22-12-7-5-11(6-8-12)18-15(16)17-10-14-20-19-13-4-2-3-9-21(13)14/h2-9H,10H2,1H3,(H3,16,17,18). The first-order valence-corrected chi connectivity index (χ1v) is 6.76. The van der Waals surface area contributed by atoms with Gasteiger partial charge in [0.1, 0.15) is 12.3 Å². The van der Waals surface area contributed by atoms with Crippen LogP contribution in [0.4, 0.5) is 5.69 Å². The average Bonchev–Trinajstić information content (AvgIpc) is 2.97. The number of nitrogens with zero attached hydrogens (tertiary/aromatic N) is 4. The summed E-state index contributed by atoms with van der Waals surface area (Å²) in [5.74, 6) is 1.84. The molecule has 3 aromatic rings. The van der Waals surface area contributed by atoms with E-state index in [1.54, 1.807) is 7.11 Å². The zero-order valence-corrected chi connectivity index (χ0v) is 12.1. The Balaban J connectivity index is 1.69. The molecule has 0 radical (unpaired) electrons. The van der Waals surface area contributed by atoms with Crippen LogP contribution in [0.2, 0.25) is 0 Å². The highest BCUT2D eigenvalue weighted by molar-refractivity contribution is 5.92. The molecule has 0 aliphatic rings. The van der Waals surface area contributed by atoms with Crippen molar-refractivity contribution >= 4 is 17.3 Å². The van der Waals surface area contributed by atoms with E-state index >= 15 is 0 Å². The molecule has 2 heterocycles. The number of anilines is 1. The predicted molar refractivity (Wildman–Crippen MR) is 84.9 cm³/mol. The molecule has 0 spiro atoms. The number of aromatic nitrogens is 3. The van der Waals surface area contributed by atoms with Crippen LogP contribution in [-0.4, -0.2) is 27.7 Å². The summed E-state index contributed by atoms with van der Waals surface area (Å²) < 4.78 is 6.98. The van der Waals surface area contributed by atoms with Crippen LogP contribution >= 0.6 is 0 Å². The molecule has 2 aromatic heterocycles. The summed E-state index contributed by atoms with van der Waals surface area (Å²) >= 11 is 0. The van der Waals surface area contributed by atoms with Gasteiger partial charge in [0, 0.05) is 11.9 Å². The van der Waals surface area contributed by atoms with Gasteiger partial charge in [-0.25, -0.2) is 4.99 Å². The molecule has 0 saturated heterocycles. The van der Waals surface area contributed by atoms with Crippen LogP contribution in [0.25, 0.3) is 5.65 Å². The summed E-state index contributed by atoms with van der Waals surface area (Å²) in [7, 11) is 1.63. The maximum atomic E-state index is 5.89. The normalized spacial score (nSPS) is 11.6. The Morgan fingerprint density at radius 2 is 2.05 bits per heavy atom. The number of hydrogen-bond donors (Lipinski definition) is 2. The number of nitrogens with one attached hydrogen (secondary N) is 1. The summed E-state index contributed by atoms with van der Waals surface area (Å²) in [5.41, 5.74) is 7.51. The zero-order valence-electron chi connectivity index (χ0n) is 12.1. The van der Waals surface area contributed by atoms with Crippen LogP contribution < -0.4 is 15.8 Å². The van der Waals surface area contributed by atoms with Crippen molar-refractivity contribution in [2.24, 2.45) is 10.7 Å². The molecule has 0 fully saturated rings. The van der Waals surface area contributed by atoms with Crippen molar-refractivity contribution < 1.29 is 4.74 Å². The Labute approximate surface area is 127 Å². The summed E-state index contributed by atoms with van der Waals surface area (Å²) in [4.78, 5) is 4.28. The third-order valence-corrected chi connectivity index (χ3v) is 3.14. The fourth-order valence-corrected chi connectivity index (χ4v) is 2.02. The van der Waals surface area contributed by atoms with Gasteiger partial charge in [-0.2, -0.15) is 0 Å². The van der Waals surface area contributed by atoms with Crippen LogP contribution in [0.1, 0.15) is 5.82 Å². The quantitative estimate of drug-likeness (QED) is 0.564.